The van der Waals surface area contributed by atoms with Crippen LogP contribution in [0.25, 0.3) is 0 Å². The molecule has 0 saturated carbocycles. The molecule has 2 aromatic rings. The van der Waals surface area contributed by atoms with Crippen LogP contribution in [-0.2, 0) is 0 Å². The van der Waals surface area contributed by atoms with E-state index >= 15 is 0 Å². The number of hydrogen-bond acceptors (Lipinski definition) is 4. The molecule has 1 heterocycles. The van der Waals surface area contributed by atoms with E-state index in [0.717, 1.165) is 34.5 Å². The first-order chi connectivity index (χ1) is 12.0. The van der Waals surface area contributed by atoms with Crippen molar-refractivity contribution in [2.24, 2.45) is 0 Å². The van der Waals surface area contributed by atoms with Gasteiger partial charge in [-0.1, -0.05) is 0 Å². The third-order valence-corrected chi connectivity index (χ3v) is 4.33. The van der Waals surface area contributed by atoms with Crippen molar-refractivity contribution in [2.45, 2.75) is 27.2 Å². The molecule has 0 aromatic heterocycles. The number of benzene rings is 2. The summed E-state index contributed by atoms with van der Waals surface area (Å²) < 4.78 is 16.7. The zero-order valence-corrected chi connectivity index (χ0v) is 15.1. The summed E-state index contributed by atoms with van der Waals surface area (Å²) in [7, 11) is 1.64. The Hall–Kier alpha value is -2.69. The number of amides is 1. The number of fused-ring (bicyclic) bond motifs is 1. The van der Waals surface area contributed by atoms with Gasteiger partial charge in [-0.15, -0.1) is 0 Å². The summed E-state index contributed by atoms with van der Waals surface area (Å²) >= 11 is 0. The molecule has 0 atom stereocenters. The van der Waals surface area contributed by atoms with E-state index in [1.807, 2.05) is 39.0 Å². The minimum absolute atomic E-state index is 0.166. The lowest BCUT2D eigenvalue weighted by Gasteiger charge is -2.15. The summed E-state index contributed by atoms with van der Waals surface area (Å²) in [5.41, 5.74) is 4.12. The first-order valence-electron chi connectivity index (χ1n) is 8.36. The van der Waals surface area contributed by atoms with Crippen molar-refractivity contribution >= 4 is 11.6 Å². The van der Waals surface area contributed by atoms with E-state index in [1.54, 1.807) is 13.2 Å². The minimum atomic E-state index is -0.166. The summed E-state index contributed by atoms with van der Waals surface area (Å²) in [6.45, 7) is 7.01. The molecule has 0 spiro atoms. The van der Waals surface area contributed by atoms with Crippen LogP contribution in [0, 0.1) is 20.8 Å². The van der Waals surface area contributed by atoms with E-state index in [1.165, 1.54) is 0 Å². The number of aryl methyl sites for hydroxylation is 3. The Morgan fingerprint density at radius 2 is 1.64 bits per heavy atom. The number of carbonyl (C=O) groups excluding carboxylic acids is 1. The highest BCUT2D eigenvalue weighted by Gasteiger charge is 2.18. The van der Waals surface area contributed by atoms with Crippen LogP contribution in [0.15, 0.2) is 24.3 Å². The molecule has 2 aromatic carbocycles. The zero-order chi connectivity index (χ0) is 18.0. The van der Waals surface area contributed by atoms with Crippen molar-refractivity contribution in [2.75, 3.05) is 25.6 Å². The Morgan fingerprint density at radius 3 is 2.32 bits per heavy atom. The third-order valence-electron chi connectivity index (χ3n) is 4.33. The predicted molar refractivity (Wildman–Crippen MR) is 97.2 cm³/mol. The Labute approximate surface area is 147 Å². The van der Waals surface area contributed by atoms with Gasteiger partial charge in [0.2, 0.25) is 0 Å². The first kappa shape index (κ1) is 17.1. The standard InChI is InChI=1S/C20H23NO4/c1-12-9-18-19(25-7-5-6-24-18)11-15(12)20(22)21-16-8-14(3)17(23-4)10-13(16)2/h8-11H,5-7H2,1-4H3,(H,21,22). The molecule has 0 fully saturated rings. The molecule has 1 N–H and O–H groups in total. The zero-order valence-electron chi connectivity index (χ0n) is 15.1. The summed E-state index contributed by atoms with van der Waals surface area (Å²) in [6.07, 6.45) is 0.833. The predicted octanol–water partition coefficient (Wildman–Crippen LogP) is 4.03. The molecule has 0 unspecified atom stereocenters. The Balaban J connectivity index is 1.89. The Bertz CT molecular complexity index is 814. The highest BCUT2D eigenvalue weighted by molar-refractivity contribution is 6.06. The fourth-order valence-corrected chi connectivity index (χ4v) is 2.89. The molecule has 132 valence electrons. The lowest BCUT2D eigenvalue weighted by molar-refractivity contribution is 0.102. The smallest absolute Gasteiger partial charge is 0.256 e. The van der Waals surface area contributed by atoms with Crippen LogP contribution >= 0.6 is 0 Å². The van der Waals surface area contributed by atoms with Crippen molar-refractivity contribution in [1.29, 1.82) is 0 Å². The molecule has 3 rings (SSSR count). The average Bonchev–Trinajstić information content (AvgIpc) is 2.81. The number of anilines is 1. The van der Waals surface area contributed by atoms with E-state index in [0.29, 0.717) is 30.3 Å². The molecule has 0 aliphatic carbocycles. The highest BCUT2D eigenvalue weighted by Crippen LogP contribution is 2.33. The third kappa shape index (κ3) is 3.55. The van der Waals surface area contributed by atoms with E-state index in [-0.39, 0.29) is 5.91 Å². The Morgan fingerprint density at radius 1 is 0.960 bits per heavy atom. The fraction of sp³-hybridized carbons (Fsp3) is 0.350. The van der Waals surface area contributed by atoms with Gasteiger partial charge in [0.05, 0.1) is 20.3 Å². The quantitative estimate of drug-likeness (QED) is 0.915. The molecular formula is C20H23NO4. The minimum Gasteiger partial charge on any atom is -0.496 e. The largest absolute Gasteiger partial charge is 0.496 e. The lowest BCUT2D eigenvalue weighted by atomic mass is 10.1. The van der Waals surface area contributed by atoms with Gasteiger partial charge in [0.1, 0.15) is 5.75 Å². The van der Waals surface area contributed by atoms with Gasteiger partial charge >= 0.3 is 0 Å². The topological polar surface area (TPSA) is 56.8 Å². The number of rotatable bonds is 3. The van der Waals surface area contributed by atoms with Crippen molar-refractivity contribution in [1.82, 2.24) is 0 Å². The maximum Gasteiger partial charge on any atom is 0.256 e. The number of methoxy groups -OCH3 is 1. The van der Waals surface area contributed by atoms with Crippen LogP contribution in [0.2, 0.25) is 0 Å². The van der Waals surface area contributed by atoms with E-state index in [2.05, 4.69) is 5.32 Å². The van der Waals surface area contributed by atoms with Gasteiger partial charge in [-0.05, 0) is 61.7 Å². The molecule has 0 saturated heterocycles. The van der Waals surface area contributed by atoms with Gasteiger partial charge in [0.25, 0.3) is 5.91 Å². The summed E-state index contributed by atoms with van der Waals surface area (Å²) in [6, 6.07) is 7.47. The lowest BCUT2D eigenvalue weighted by Crippen LogP contribution is -2.15. The summed E-state index contributed by atoms with van der Waals surface area (Å²) in [4.78, 5) is 12.8. The average molecular weight is 341 g/mol. The number of hydrogen-bond donors (Lipinski definition) is 1. The molecule has 5 nitrogen and oxygen atoms in total. The number of nitrogens with one attached hydrogen (secondary N) is 1. The molecule has 0 radical (unpaired) electrons. The summed E-state index contributed by atoms with van der Waals surface area (Å²) in [5.74, 6) is 1.96. The van der Waals surface area contributed by atoms with Crippen molar-refractivity contribution in [3.05, 3.63) is 46.5 Å². The van der Waals surface area contributed by atoms with E-state index < -0.39 is 0 Å². The van der Waals surface area contributed by atoms with Crippen LogP contribution in [0.1, 0.15) is 33.5 Å². The second kappa shape index (κ2) is 7.05. The monoisotopic (exact) mass is 341 g/mol. The van der Waals surface area contributed by atoms with Crippen molar-refractivity contribution in [3.63, 3.8) is 0 Å². The van der Waals surface area contributed by atoms with E-state index in [4.69, 9.17) is 14.2 Å². The first-order valence-corrected chi connectivity index (χ1v) is 8.36. The van der Waals surface area contributed by atoms with Gasteiger partial charge in [-0.25, -0.2) is 0 Å². The molecule has 1 aliphatic rings. The van der Waals surface area contributed by atoms with Crippen molar-refractivity contribution < 1.29 is 19.0 Å². The molecule has 25 heavy (non-hydrogen) atoms. The maximum atomic E-state index is 12.8. The normalized spacial score (nSPS) is 13.1. The van der Waals surface area contributed by atoms with Crippen LogP contribution in [0.5, 0.6) is 17.2 Å². The second-order valence-corrected chi connectivity index (χ2v) is 6.26. The number of ether oxygens (including phenoxy) is 3. The van der Waals surface area contributed by atoms with Gasteiger partial charge in [0, 0.05) is 17.7 Å². The Kier molecular flexibility index (Phi) is 4.83. The molecule has 5 heteroatoms. The fourth-order valence-electron chi connectivity index (χ4n) is 2.89. The molecule has 0 bridgehead atoms. The summed E-state index contributed by atoms with van der Waals surface area (Å²) in [5, 5.41) is 2.99. The molecule has 1 amide bonds. The number of carbonyl (C=O) groups is 1. The van der Waals surface area contributed by atoms with Gasteiger partial charge in [-0.3, -0.25) is 4.79 Å². The van der Waals surface area contributed by atoms with Gasteiger partial charge < -0.3 is 19.5 Å². The van der Waals surface area contributed by atoms with Crippen LogP contribution in [0.4, 0.5) is 5.69 Å². The van der Waals surface area contributed by atoms with Crippen LogP contribution in [0.3, 0.4) is 0 Å². The van der Waals surface area contributed by atoms with Crippen molar-refractivity contribution in [3.8, 4) is 17.2 Å². The highest BCUT2D eigenvalue weighted by atomic mass is 16.5. The van der Waals surface area contributed by atoms with Crippen LogP contribution in [-0.4, -0.2) is 26.2 Å². The van der Waals surface area contributed by atoms with E-state index in [9.17, 15) is 4.79 Å². The SMILES string of the molecule is COc1cc(C)c(NC(=O)c2cc3c(cc2C)OCCCO3)cc1C. The van der Waals surface area contributed by atoms with Crippen LogP contribution < -0.4 is 19.5 Å². The second-order valence-electron chi connectivity index (χ2n) is 6.26. The van der Waals surface area contributed by atoms with Gasteiger partial charge in [-0.2, -0.15) is 0 Å². The molecule has 1 aliphatic heterocycles. The maximum absolute atomic E-state index is 12.8. The van der Waals surface area contributed by atoms with Gasteiger partial charge in [0.15, 0.2) is 11.5 Å². The molecular weight excluding hydrogens is 318 g/mol.